The fourth-order valence-corrected chi connectivity index (χ4v) is 2.13. The van der Waals surface area contributed by atoms with E-state index in [-0.39, 0.29) is 5.91 Å². The second-order valence-corrected chi connectivity index (χ2v) is 4.65. The van der Waals surface area contributed by atoms with E-state index in [1.54, 1.807) is 42.3 Å². The third-order valence-electron chi connectivity index (χ3n) is 3.25. The van der Waals surface area contributed by atoms with Gasteiger partial charge in [0.15, 0.2) is 0 Å². The van der Waals surface area contributed by atoms with Crippen LogP contribution in [0.4, 0.5) is 5.69 Å². The lowest BCUT2D eigenvalue weighted by atomic mass is 10.2. The average Bonchev–Trinajstić information content (AvgIpc) is 3.10. The Labute approximate surface area is 128 Å². The molecule has 0 aliphatic carbocycles. The standard InChI is InChI=1S/C17H15N3O2/c1-22-16-6-3-2-5-15(16)19-17(21)13-7-9-14(10-8-13)20-12-4-11-18-20/h2-12H,1H3,(H,19,21). The van der Waals surface area contributed by atoms with Crippen molar-refractivity contribution in [2.24, 2.45) is 0 Å². The number of benzene rings is 2. The Morgan fingerprint density at radius 1 is 1.09 bits per heavy atom. The molecule has 0 saturated carbocycles. The molecule has 0 bridgehead atoms. The lowest BCUT2D eigenvalue weighted by molar-refractivity contribution is 0.102. The second-order valence-electron chi connectivity index (χ2n) is 4.65. The van der Waals surface area contributed by atoms with Crippen LogP contribution in [-0.4, -0.2) is 22.8 Å². The van der Waals surface area contributed by atoms with Crippen molar-refractivity contribution in [2.45, 2.75) is 0 Å². The molecule has 0 saturated heterocycles. The third kappa shape index (κ3) is 2.83. The summed E-state index contributed by atoms with van der Waals surface area (Å²) in [4.78, 5) is 12.3. The fraction of sp³-hybridized carbons (Fsp3) is 0.0588. The molecule has 3 aromatic rings. The first kappa shape index (κ1) is 13.9. The van der Waals surface area contributed by atoms with Gasteiger partial charge < -0.3 is 10.1 Å². The Balaban J connectivity index is 1.78. The van der Waals surface area contributed by atoms with E-state index in [0.29, 0.717) is 17.0 Å². The molecule has 0 fully saturated rings. The minimum atomic E-state index is -0.184. The summed E-state index contributed by atoms with van der Waals surface area (Å²) in [5.41, 5.74) is 2.12. The number of anilines is 1. The van der Waals surface area contributed by atoms with Crippen LogP contribution in [0.1, 0.15) is 10.4 Å². The zero-order chi connectivity index (χ0) is 15.4. The van der Waals surface area contributed by atoms with Gasteiger partial charge >= 0.3 is 0 Å². The van der Waals surface area contributed by atoms with E-state index in [1.165, 1.54) is 0 Å². The Bertz CT molecular complexity index is 765. The largest absolute Gasteiger partial charge is 0.495 e. The number of ether oxygens (including phenoxy) is 1. The highest BCUT2D eigenvalue weighted by molar-refractivity contribution is 6.05. The number of aromatic nitrogens is 2. The van der Waals surface area contributed by atoms with Gasteiger partial charge in [-0.05, 0) is 42.5 Å². The lowest BCUT2D eigenvalue weighted by Gasteiger charge is -2.10. The number of carbonyl (C=O) groups excluding carboxylic acids is 1. The van der Waals surface area contributed by atoms with Gasteiger partial charge in [-0.3, -0.25) is 4.79 Å². The summed E-state index contributed by atoms with van der Waals surface area (Å²) in [6.45, 7) is 0. The Morgan fingerprint density at radius 2 is 1.86 bits per heavy atom. The molecule has 5 heteroatoms. The molecule has 5 nitrogen and oxygen atoms in total. The molecule has 0 spiro atoms. The highest BCUT2D eigenvalue weighted by Crippen LogP contribution is 2.23. The topological polar surface area (TPSA) is 56.1 Å². The summed E-state index contributed by atoms with van der Waals surface area (Å²) in [7, 11) is 1.57. The van der Waals surface area contributed by atoms with Crippen LogP contribution >= 0.6 is 0 Å². The number of hydrogen-bond acceptors (Lipinski definition) is 3. The first-order chi connectivity index (χ1) is 10.8. The number of amides is 1. The summed E-state index contributed by atoms with van der Waals surface area (Å²) < 4.78 is 6.96. The van der Waals surface area contributed by atoms with Crippen molar-refractivity contribution >= 4 is 11.6 Å². The first-order valence-electron chi connectivity index (χ1n) is 6.82. The summed E-state index contributed by atoms with van der Waals surface area (Å²) in [6.07, 6.45) is 3.56. The fourth-order valence-electron chi connectivity index (χ4n) is 2.13. The number of rotatable bonds is 4. The van der Waals surface area contributed by atoms with E-state index in [0.717, 1.165) is 5.69 Å². The predicted molar refractivity (Wildman–Crippen MR) is 84.5 cm³/mol. The molecule has 0 radical (unpaired) electrons. The van der Waals surface area contributed by atoms with E-state index in [2.05, 4.69) is 10.4 Å². The maximum Gasteiger partial charge on any atom is 0.255 e. The molecule has 0 unspecified atom stereocenters. The van der Waals surface area contributed by atoms with Crippen molar-refractivity contribution in [3.8, 4) is 11.4 Å². The van der Waals surface area contributed by atoms with E-state index in [9.17, 15) is 4.79 Å². The van der Waals surface area contributed by atoms with Gasteiger partial charge in [-0.2, -0.15) is 5.10 Å². The van der Waals surface area contributed by atoms with Gasteiger partial charge in [0, 0.05) is 18.0 Å². The molecule has 1 aromatic heterocycles. The van der Waals surface area contributed by atoms with Crippen LogP contribution in [0.3, 0.4) is 0 Å². The zero-order valence-corrected chi connectivity index (χ0v) is 12.1. The molecule has 1 heterocycles. The Hall–Kier alpha value is -3.08. The van der Waals surface area contributed by atoms with Crippen molar-refractivity contribution in [2.75, 3.05) is 12.4 Å². The van der Waals surface area contributed by atoms with Gasteiger partial charge in [-0.1, -0.05) is 12.1 Å². The molecule has 3 rings (SSSR count). The molecule has 0 aliphatic rings. The third-order valence-corrected chi connectivity index (χ3v) is 3.25. The molecular weight excluding hydrogens is 278 g/mol. The van der Waals surface area contributed by atoms with Crippen molar-refractivity contribution < 1.29 is 9.53 Å². The van der Waals surface area contributed by atoms with Crippen LogP contribution in [-0.2, 0) is 0 Å². The minimum absolute atomic E-state index is 0.184. The van der Waals surface area contributed by atoms with Gasteiger partial charge in [-0.15, -0.1) is 0 Å². The number of hydrogen-bond donors (Lipinski definition) is 1. The van der Waals surface area contributed by atoms with Gasteiger partial charge in [0.2, 0.25) is 0 Å². The Morgan fingerprint density at radius 3 is 2.55 bits per heavy atom. The number of carbonyl (C=O) groups is 1. The van der Waals surface area contributed by atoms with Crippen molar-refractivity contribution in [1.29, 1.82) is 0 Å². The van der Waals surface area contributed by atoms with E-state index >= 15 is 0 Å². The smallest absolute Gasteiger partial charge is 0.255 e. The average molecular weight is 293 g/mol. The summed E-state index contributed by atoms with van der Waals surface area (Å²) in [5, 5.41) is 7.00. The Kier molecular flexibility index (Phi) is 3.87. The summed E-state index contributed by atoms with van der Waals surface area (Å²) in [6, 6.07) is 16.4. The van der Waals surface area contributed by atoms with E-state index in [1.807, 2.05) is 36.5 Å². The SMILES string of the molecule is COc1ccccc1NC(=O)c1ccc(-n2cccn2)cc1. The van der Waals surface area contributed by atoms with Crippen LogP contribution in [0.5, 0.6) is 5.75 Å². The van der Waals surface area contributed by atoms with Crippen LogP contribution < -0.4 is 10.1 Å². The normalized spacial score (nSPS) is 10.2. The molecule has 1 N–H and O–H groups in total. The summed E-state index contributed by atoms with van der Waals surface area (Å²) in [5.74, 6) is 0.445. The minimum Gasteiger partial charge on any atom is -0.495 e. The number of nitrogens with zero attached hydrogens (tertiary/aromatic N) is 2. The lowest BCUT2D eigenvalue weighted by Crippen LogP contribution is -2.12. The number of methoxy groups -OCH3 is 1. The van der Waals surface area contributed by atoms with Crippen LogP contribution in [0.15, 0.2) is 67.0 Å². The molecular formula is C17H15N3O2. The highest BCUT2D eigenvalue weighted by atomic mass is 16.5. The predicted octanol–water partition coefficient (Wildman–Crippen LogP) is 3.13. The first-order valence-corrected chi connectivity index (χ1v) is 6.82. The van der Waals surface area contributed by atoms with E-state index < -0.39 is 0 Å². The molecule has 0 atom stereocenters. The number of nitrogens with one attached hydrogen (secondary N) is 1. The van der Waals surface area contributed by atoms with Crippen molar-refractivity contribution in [3.05, 3.63) is 72.6 Å². The van der Waals surface area contributed by atoms with Crippen molar-refractivity contribution in [3.63, 3.8) is 0 Å². The maximum absolute atomic E-state index is 12.3. The van der Waals surface area contributed by atoms with Crippen LogP contribution in [0.25, 0.3) is 5.69 Å². The molecule has 1 amide bonds. The van der Waals surface area contributed by atoms with Crippen LogP contribution in [0.2, 0.25) is 0 Å². The monoisotopic (exact) mass is 293 g/mol. The quantitative estimate of drug-likeness (QED) is 0.804. The molecule has 110 valence electrons. The van der Waals surface area contributed by atoms with Gasteiger partial charge in [0.25, 0.3) is 5.91 Å². The van der Waals surface area contributed by atoms with Gasteiger partial charge in [-0.25, -0.2) is 4.68 Å². The van der Waals surface area contributed by atoms with Gasteiger partial charge in [0.05, 0.1) is 18.5 Å². The molecule has 2 aromatic carbocycles. The van der Waals surface area contributed by atoms with Crippen molar-refractivity contribution in [1.82, 2.24) is 9.78 Å². The number of para-hydroxylation sites is 2. The van der Waals surface area contributed by atoms with Gasteiger partial charge in [0.1, 0.15) is 5.75 Å². The highest BCUT2D eigenvalue weighted by Gasteiger charge is 2.09. The van der Waals surface area contributed by atoms with Crippen LogP contribution in [0, 0.1) is 0 Å². The zero-order valence-electron chi connectivity index (χ0n) is 12.1. The second kappa shape index (κ2) is 6.13. The van der Waals surface area contributed by atoms with E-state index in [4.69, 9.17) is 4.74 Å². The molecule has 0 aliphatic heterocycles. The maximum atomic E-state index is 12.3. The summed E-state index contributed by atoms with van der Waals surface area (Å²) >= 11 is 0. The molecule has 22 heavy (non-hydrogen) atoms.